The molecule has 0 aromatic heterocycles. The van der Waals surface area contributed by atoms with E-state index in [1.54, 1.807) is 0 Å². The van der Waals surface area contributed by atoms with E-state index in [9.17, 15) is 0 Å². The van der Waals surface area contributed by atoms with Crippen molar-refractivity contribution < 1.29 is 4.74 Å². The maximum absolute atomic E-state index is 5.97. The fourth-order valence-electron chi connectivity index (χ4n) is 2.05. The molecule has 2 heteroatoms. The third kappa shape index (κ3) is 2.20. The van der Waals surface area contributed by atoms with Gasteiger partial charge in [0.25, 0.3) is 0 Å². The Morgan fingerprint density at radius 1 is 1.08 bits per heavy atom. The molecular formula is C10H18NO. The topological polar surface area (TPSA) is 21.3 Å². The van der Waals surface area contributed by atoms with Crippen molar-refractivity contribution in [2.24, 2.45) is 0 Å². The van der Waals surface area contributed by atoms with Crippen molar-refractivity contribution in [3.8, 4) is 0 Å². The first kappa shape index (κ1) is 8.52. The molecule has 2 aliphatic rings. The fraction of sp³-hybridized carbons (Fsp3) is 0.900. The van der Waals surface area contributed by atoms with Gasteiger partial charge < -0.3 is 10.1 Å². The molecule has 1 saturated carbocycles. The van der Waals surface area contributed by atoms with E-state index in [1.165, 1.54) is 32.1 Å². The van der Waals surface area contributed by atoms with E-state index in [0.29, 0.717) is 12.2 Å². The normalized spacial score (nSPS) is 32.5. The van der Waals surface area contributed by atoms with Gasteiger partial charge in [-0.2, -0.15) is 0 Å². The third-order valence-corrected chi connectivity index (χ3v) is 2.79. The Labute approximate surface area is 74.7 Å². The summed E-state index contributed by atoms with van der Waals surface area (Å²) in [6.07, 6.45) is 9.66. The Bertz CT molecular complexity index is 126. The van der Waals surface area contributed by atoms with Crippen LogP contribution in [0.1, 0.15) is 32.1 Å². The molecule has 1 N–H and O–H groups in total. The lowest BCUT2D eigenvalue weighted by Crippen LogP contribution is -2.25. The molecule has 1 atom stereocenters. The molecule has 2 fully saturated rings. The van der Waals surface area contributed by atoms with Crippen molar-refractivity contribution in [3.05, 3.63) is 6.42 Å². The molecule has 0 aromatic rings. The van der Waals surface area contributed by atoms with E-state index in [-0.39, 0.29) is 0 Å². The van der Waals surface area contributed by atoms with Gasteiger partial charge in [-0.05, 0) is 45.1 Å². The van der Waals surface area contributed by atoms with E-state index in [1.807, 2.05) is 0 Å². The molecule has 1 heterocycles. The first-order valence-electron chi connectivity index (χ1n) is 5.13. The Balaban J connectivity index is 1.69. The van der Waals surface area contributed by atoms with Crippen LogP contribution < -0.4 is 5.32 Å². The van der Waals surface area contributed by atoms with Crippen LogP contribution in [0.5, 0.6) is 0 Å². The zero-order chi connectivity index (χ0) is 8.23. The van der Waals surface area contributed by atoms with Crippen LogP contribution in [0.4, 0.5) is 0 Å². The molecule has 0 bridgehead atoms. The lowest BCUT2D eigenvalue weighted by molar-refractivity contribution is -0.0149. The number of hydrogen-bond acceptors (Lipinski definition) is 2. The second-order valence-electron chi connectivity index (χ2n) is 3.82. The minimum atomic E-state index is 0.507. The molecule has 2 nitrogen and oxygen atoms in total. The standard InChI is InChI=1S/C10H18NO/c1-2-4-9(5-3-1)12-10-6-7-11-8-10/h1,9-11H,2-8H2/t10-/m1/s1. The summed E-state index contributed by atoms with van der Waals surface area (Å²) in [6, 6.07) is 0. The summed E-state index contributed by atoms with van der Waals surface area (Å²) < 4.78 is 5.97. The van der Waals surface area contributed by atoms with Crippen molar-refractivity contribution in [1.82, 2.24) is 5.32 Å². The van der Waals surface area contributed by atoms with Gasteiger partial charge in [-0.15, -0.1) is 0 Å². The Morgan fingerprint density at radius 2 is 1.92 bits per heavy atom. The van der Waals surface area contributed by atoms with E-state index in [0.717, 1.165) is 13.1 Å². The van der Waals surface area contributed by atoms with Crippen molar-refractivity contribution in [2.75, 3.05) is 13.1 Å². The smallest absolute Gasteiger partial charge is 0.0715 e. The van der Waals surface area contributed by atoms with Crippen molar-refractivity contribution in [2.45, 2.75) is 44.3 Å². The van der Waals surface area contributed by atoms with Crippen LogP contribution in [0.2, 0.25) is 0 Å². The monoisotopic (exact) mass is 168 g/mol. The van der Waals surface area contributed by atoms with Crippen LogP contribution in [-0.2, 0) is 4.74 Å². The van der Waals surface area contributed by atoms with Crippen LogP contribution in [0.15, 0.2) is 0 Å². The minimum Gasteiger partial charge on any atom is -0.374 e. The van der Waals surface area contributed by atoms with Gasteiger partial charge in [-0.3, -0.25) is 0 Å². The van der Waals surface area contributed by atoms with Crippen LogP contribution in [-0.4, -0.2) is 25.3 Å². The first-order valence-corrected chi connectivity index (χ1v) is 5.13. The highest BCUT2D eigenvalue weighted by Gasteiger charge is 2.21. The Hall–Kier alpha value is -0.0800. The summed E-state index contributed by atoms with van der Waals surface area (Å²) in [5.74, 6) is 0. The van der Waals surface area contributed by atoms with Crippen LogP contribution in [0.25, 0.3) is 0 Å². The zero-order valence-electron chi connectivity index (χ0n) is 7.59. The predicted octanol–water partition coefficient (Wildman–Crippen LogP) is 1.51. The molecule has 2 rings (SSSR count). The number of ether oxygens (including phenoxy) is 1. The number of rotatable bonds is 2. The van der Waals surface area contributed by atoms with E-state index in [2.05, 4.69) is 11.7 Å². The molecule has 0 amide bonds. The lowest BCUT2D eigenvalue weighted by Gasteiger charge is -2.24. The van der Waals surface area contributed by atoms with Gasteiger partial charge in [0.2, 0.25) is 0 Å². The van der Waals surface area contributed by atoms with Crippen molar-refractivity contribution in [3.63, 3.8) is 0 Å². The minimum absolute atomic E-state index is 0.507. The van der Waals surface area contributed by atoms with Crippen LogP contribution >= 0.6 is 0 Å². The van der Waals surface area contributed by atoms with Gasteiger partial charge in [-0.25, -0.2) is 0 Å². The van der Waals surface area contributed by atoms with Gasteiger partial charge in [0.05, 0.1) is 12.2 Å². The Kier molecular flexibility index (Phi) is 3.01. The van der Waals surface area contributed by atoms with Crippen molar-refractivity contribution in [1.29, 1.82) is 0 Å². The molecule has 69 valence electrons. The SMILES string of the molecule is [CH]1CCC(O[C@@H]2CCNC2)CC1. The maximum atomic E-state index is 5.97. The quantitative estimate of drug-likeness (QED) is 0.675. The molecule has 0 unspecified atom stereocenters. The summed E-state index contributed by atoms with van der Waals surface area (Å²) >= 11 is 0. The average Bonchev–Trinajstić information content (AvgIpc) is 2.59. The summed E-state index contributed by atoms with van der Waals surface area (Å²) in [5, 5.41) is 3.33. The van der Waals surface area contributed by atoms with Crippen LogP contribution in [0, 0.1) is 6.42 Å². The third-order valence-electron chi connectivity index (χ3n) is 2.79. The second-order valence-corrected chi connectivity index (χ2v) is 3.82. The van der Waals surface area contributed by atoms with Gasteiger partial charge in [0, 0.05) is 6.54 Å². The number of nitrogens with one attached hydrogen (secondary N) is 1. The van der Waals surface area contributed by atoms with Gasteiger partial charge in [-0.1, -0.05) is 0 Å². The summed E-state index contributed by atoms with van der Waals surface area (Å²) in [5.41, 5.74) is 0. The maximum Gasteiger partial charge on any atom is 0.0715 e. The first-order chi connectivity index (χ1) is 5.95. The highest BCUT2D eigenvalue weighted by molar-refractivity contribution is 4.79. The molecule has 0 aromatic carbocycles. The van der Waals surface area contributed by atoms with Gasteiger partial charge in [0.15, 0.2) is 0 Å². The molecule has 1 saturated heterocycles. The van der Waals surface area contributed by atoms with Gasteiger partial charge in [0.1, 0.15) is 0 Å². The van der Waals surface area contributed by atoms with Crippen LogP contribution in [0.3, 0.4) is 0 Å². The molecule has 12 heavy (non-hydrogen) atoms. The summed E-state index contributed by atoms with van der Waals surface area (Å²) in [7, 11) is 0. The highest BCUT2D eigenvalue weighted by atomic mass is 16.5. The van der Waals surface area contributed by atoms with E-state index in [4.69, 9.17) is 4.74 Å². The van der Waals surface area contributed by atoms with Gasteiger partial charge >= 0.3 is 0 Å². The largest absolute Gasteiger partial charge is 0.374 e. The summed E-state index contributed by atoms with van der Waals surface area (Å²) in [6.45, 7) is 2.21. The number of hydrogen-bond donors (Lipinski definition) is 1. The van der Waals surface area contributed by atoms with E-state index < -0.39 is 0 Å². The molecule has 1 aliphatic carbocycles. The molecule has 1 aliphatic heterocycles. The zero-order valence-corrected chi connectivity index (χ0v) is 7.59. The van der Waals surface area contributed by atoms with E-state index >= 15 is 0 Å². The molecule has 0 spiro atoms. The molecular weight excluding hydrogens is 150 g/mol. The average molecular weight is 168 g/mol. The lowest BCUT2D eigenvalue weighted by atomic mass is 9.97. The predicted molar refractivity (Wildman–Crippen MR) is 48.9 cm³/mol. The fourth-order valence-corrected chi connectivity index (χ4v) is 2.05. The highest BCUT2D eigenvalue weighted by Crippen LogP contribution is 2.21. The Morgan fingerprint density at radius 3 is 2.58 bits per heavy atom. The molecule has 1 radical (unpaired) electrons. The second kappa shape index (κ2) is 4.24. The van der Waals surface area contributed by atoms with Crippen molar-refractivity contribution >= 4 is 0 Å². The summed E-state index contributed by atoms with van der Waals surface area (Å²) in [4.78, 5) is 0.